The van der Waals surface area contributed by atoms with Gasteiger partial charge in [0, 0.05) is 11.9 Å². The molecule has 0 amide bonds. The molecule has 0 aliphatic heterocycles. The molecule has 1 aromatic heterocycles. The zero-order valence-corrected chi connectivity index (χ0v) is 12.2. The summed E-state index contributed by atoms with van der Waals surface area (Å²) in [5.41, 5.74) is 1.92. The van der Waals surface area contributed by atoms with E-state index in [9.17, 15) is 8.42 Å². The van der Waals surface area contributed by atoms with E-state index in [1.54, 1.807) is 12.1 Å². The molecular formula is C14H17N3O2S. The monoisotopic (exact) mass is 291 g/mol. The molecule has 20 heavy (non-hydrogen) atoms. The van der Waals surface area contributed by atoms with E-state index >= 15 is 0 Å². The number of sulfonamides is 1. The van der Waals surface area contributed by atoms with Gasteiger partial charge in [0.05, 0.1) is 4.90 Å². The minimum Gasteiger partial charge on any atom is -0.340 e. The molecule has 106 valence electrons. The van der Waals surface area contributed by atoms with Gasteiger partial charge in [0.2, 0.25) is 10.0 Å². The molecule has 5 nitrogen and oxygen atoms in total. The van der Waals surface area contributed by atoms with Crippen LogP contribution in [0.4, 0.5) is 11.5 Å². The predicted molar refractivity (Wildman–Crippen MR) is 79.4 cm³/mol. The second kappa shape index (κ2) is 5.60. The van der Waals surface area contributed by atoms with E-state index in [1.165, 1.54) is 17.7 Å². The Morgan fingerprint density at radius 2 is 1.75 bits per heavy atom. The van der Waals surface area contributed by atoms with Gasteiger partial charge in [-0.2, -0.15) is 0 Å². The van der Waals surface area contributed by atoms with Crippen molar-refractivity contribution in [3.63, 3.8) is 0 Å². The first-order chi connectivity index (χ1) is 9.36. The van der Waals surface area contributed by atoms with Gasteiger partial charge in [-0.25, -0.2) is 18.5 Å². The molecule has 2 aromatic rings. The lowest BCUT2D eigenvalue weighted by Gasteiger charge is -2.08. The summed E-state index contributed by atoms with van der Waals surface area (Å²) in [7, 11) is -3.65. The van der Waals surface area contributed by atoms with E-state index in [1.807, 2.05) is 18.3 Å². The lowest BCUT2D eigenvalue weighted by molar-refractivity contribution is 0.598. The van der Waals surface area contributed by atoms with Crippen molar-refractivity contribution in [1.29, 1.82) is 0 Å². The SMILES string of the molecule is CC(C)c1ccc(Nc2ccc(S(N)(=O)=O)cc2)nc1. The molecule has 1 heterocycles. The Kier molecular flexibility index (Phi) is 4.06. The fraction of sp³-hybridized carbons (Fsp3) is 0.214. The van der Waals surface area contributed by atoms with Gasteiger partial charge < -0.3 is 5.32 Å². The fourth-order valence-corrected chi connectivity index (χ4v) is 2.21. The molecule has 0 saturated carbocycles. The van der Waals surface area contributed by atoms with Crippen molar-refractivity contribution in [3.05, 3.63) is 48.2 Å². The lowest BCUT2D eigenvalue weighted by Crippen LogP contribution is -2.11. The van der Waals surface area contributed by atoms with Crippen LogP contribution in [0.1, 0.15) is 25.3 Å². The Morgan fingerprint density at radius 3 is 2.20 bits per heavy atom. The van der Waals surface area contributed by atoms with Gasteiger partial charge in [0.1, 0.15) is 5.82 Å². The van der Waals surface area contributed by atoms with Crippen molar-refractivity contribution >= 4 is 21.5 Å². The first-order valence-corrected chi connectivity index (χ1v) is 7.77. The van der Waals surface area contributed by atoms with Gasteiger partial charge in [-0.3, -0.25) is 0 Å². The average Bonchev–Trinajstić information content (AvgIpc) is 2.39. The molecule has 6 heteroatoms. The third kappa shape index (κ3) is 3.55. The molecule has 0 atom stereocenters. The van der Waals surface area contributed by atoms with Crippen LogP contribution in [0, 0.1) is 0 Å². The molecule has 0 spiro atoms. The van der Waals surface area contributed by atoms with Gasteiger partial charge in [-0.1, -0.05) is 19.9 Å². The number of benzene rings is 1. The highest BCUT2D eigenvalue weighted by Gasteiger charge is 2.07. The second-order valence-corrected chi connectivity index (χ2v) is 6.39. The highest BCUT2D eigenvalue weighted by Crippen LogP contribution is 2.19. The van der Waals surface area contributed by atoms with Gasteiger partial charge in [-0.15, -0.1) is 0 Å². The van der Waals surface area contributed by atoms with Crippen LogP contribution in [-0.4, -0.2) is 13.4 Å². The Bertz CT molecular complexity index is 677. The standard InChI is InChI=1S/C14H17N3O2S/c1-10(2)11-3-8-14(16-9-11)17-12-4-6-13(7-5-12)20(15,18)19/h3-10H,1-2H3,(H,16,17)(H2,15,18,19). The number of nitrogens with two attached hydrogens (primary N) is 1. The molecule has 0 radical (unpaired) electrons. The summed E-state index contributed by atoms with van der Waals surface area (Å²) in [5, 5.41) is 8.15. The van der Waals surface area contributed by atoms with Crippen LogP contribution in [0.15, 0.2) is 47.5 Å². The maximum absolute atomic E-state index is 11.1. The van der Waals surface area contributed by atoms with E-state index in [4.69, 9.17) is 5.14 Å². The van der Waals surface area contributed by atoms with E-state index in [-0.39, 0.29) is 4.90 Å². The minimum atomic E-state index is -3.65. The van der Waals surface area contributed by atoms with Crippen molar-refractivity contribution < 1.29 is 8.42 Å². The quantitative estimate of drug-likeness (QED) is 0.906. The number of pyridine rings is 1. The molecule has 0 aliphatic carbocycles. The molecule has 2 rings (SSSR count). The topological polar surface area (TPSA) is 85.1 Å². The summed E-state index contributed by atoms with van der Waals surface area (Å²) < 4.78 is 22.3. The number of anilines is 2. The van der Waals surface area contributed by atoms with Crippen LogP contribution in [0.5, 0.6) is 0 Å². The number of nitrogens with zero attached hydrogens (tertiary/aromatic N) is 1. The first kappa shape index (κ1) is 14.5. The Morgan fingerprint density at radius 1 is 1.10 bits per heavy atom. The second-order valence-electron chi connectivity index (χ2n) is 4.83. The smallest absolute Gasteiger partial charge is 0.238 e. The zero-order valence-electron chi connectivity index (χ0n) is 11.4. The van der Waals surface area contributed by atoms with Crippen LogP contribution in [0.25, 0.3) is 0 Å². The molecule has 0 fully saturated rings. The average molecular weight is 291 g/mol. The molecule has 0 bridgehead atoms. The fourth-order valence-electron chi connectivity index (χ4n) is 1.70. The zero-order chi connectivity index (χ0) is 14.8. The number of nitrogens with one attached hydrogen (secondary N) is 1. The first-order valence-electron chi connectivity index (χ1n) is 6.22. The molecule has 0 aliphatic rings. The Hall–Kier alpha value is -1.92. The van der Waals surface area contributed by atoms with Gasteiger partial charge in [-0.05, 0) is 41.8 Å². The summed E-state index contributed by atoms with van der Waals surface area (Å²) in [6.45, 7) is 4.21. The highest BCUT2D eigenvalue weighted by molar-refractivity contribution is 7.89. The van der Waals surface area contributed by atoms with E-state index in [0.29, 0.717) is 11.7 Å². The number of rotatable bonds is 4. The van der Waals surface area contributed by atoms with Crippen LogP contribution in [0.2, 0.25) is 0 Å². The minimum absolute atomic E-state index is 0.0890. The Balaban J connectivity index is 2.14. The van der Waals surface area contributed by atoms with Crippen LogP contribution < -0.4 is 10.5 Å². The third-order valence-corrected chi connectivity index (χ3v) is 3.84. The van der Waals surface area contributed by atoms with Gasteiger partial charge in [0.25, 0.3) is 0 Å². The van der Waals surface area contributed by atoms with E-state index < -0.39 is 10.0 Å². The van der Waals surface area contributed by atoms with E-state index in [0.717, 1.165) is 5.69 Å². The van der Waals surface area contributed by atoms with Crippen molar-refractivity contribution in [1.82, 2.24) is 4.98 Å². The largest absolute Gasteiger partial charge is 0.340 e. The maximum atomic E-state index is 11.1. The van der Waals surface area contributed by atoms with Gasteiger partial charge in [0.15, 0.2) is 0 Å². The van der Waals surface area contributed by atoms with Gasteiger partial charge >= 0.3 is 0 Å². The third-order valence-electron chi connectivity index (χ3n) is 2.91. The number of aromatic nitrogens is 1. The van der Waals surface area contributed by atoms with Crippen molar-refractivity contribution in [2.75, 3.05) is 5.32 Å². The lowest BCUT2D eigenvalue weighted by atomic mass is 10.1. The number of hydrogen-bond acceptors (Lipinski definition) is 4. The van der Waals surface area contributed by atoms with Crippen LogP contribution in [-0.2, 0) is 10.0 Å². The summed E-state index contributed by atoms with van der Waals surface area (Å²) in [6, 6.07) is 10.1. The van der Waals surface area contributed by atoms with Crippen LogP contribution in [0.3, 0.4) is 0 Å². The van der Waals surface area contributed by atoms with Crippen molar-refractivity contribution in [2.45, 2.75) is 24.7 Å². The normalized spacial score (nSPS) is 11.6. The molecule has 0 unspecified atom stereocenters. The van der Waals surface area contributed by atoms with Crippen molar-refractivity contribution in [3.8, 4) is 0 Å². The highest BCUT2D eigenvalue weighted by atomic mass is 32.2. The number of hydrogen-bond donors (Lipinski definition) is 2. The summed E-state index contributed by atoms with van der Waals surface area (Å²) in [6.07, 6.45) is 1.83. The molecule has 0 saturated heterocycles. The summed E-state index contributed by atoms with van der Waals surface area (Å²) in [5.74, 6) is 1.14. The summed E-state index contributed by atoms with van der Waals surface area (Å²) in [4.78, 5) is 4.40. The molecule has 1 aromatic carbocycles. The Labute approximate surface area is 118 Å². The number of primary sulfonamides is 1. The molecular weight excluding hydrogens is 274 g/mol. The summed E-state index contributed by atoms with van der Waals surface area (Å²) >= 11 is 0. The maximum Gasteiger partial charge on any atom is 0.238 e. The van der Waals surface area contributed by atoms with Crippen LogP contribution >= 0.6 is 0 Å². The predicted octanol–water partition coefficient (Wildman–Crippen LogP) is 2.60. The van der Waals surface area contributed by atoms with Crippen molar-refractivity contribution in [2.24, 2.45) is 5.14 Å². The van der Waals surface area contributed by atoms with E-state index in [2.05, 4.69) is 24.1 Å². The molecule has 3 N–H and O–H groups in total.